The van der Waals surface area contributed by atoms with Crippen molar-refractivity contribution in [3.05, 3.63) is 0 Å². The molecule has 0 spiro atoms. The van der Waals surface area contributed by atoms with Crippen molar-refractivity contribution in [2.45, 2.75) is 71.1 Å². The summed E-state index contributed by atoms with van der Waals surface area (Å²) in [6.45, 7) is 3.57. The average molecular weight is 352 g/mol. The summed E-state index contributed by atoms with van der Waals surface area (Å²) in [4.78, 5) is 13.4. The van der Waals surface area contributed by atoms with Crippen LogP contribution in [0.5, 0.6) is 0 Å². The van der Waals surface area contributed by atoms with E-state index in [4.69, 9.17) is 4.74 Å². The van der Waals surface area contributed by atoms with Gasteiger partial charge in [0.15, 0.2) is 0 Å². The molecule has 0 aliphatic rings. The first-order valence-corrected chi connectivity index (χ1v) is 7.97. The van der Waals surface area contributed by atoms with Crippen LogP contribution >= 0.6 is 17.0 Å². The summed E-state index contributed by atoms with van der Waals surface area (Å²) >= 11 is 0. The van der Waals surface area contributed by atoms with Gasteiger partial charge in [-0.1, -0.05) is 58.3 Å². The summed E-state index contributed by atoms with van der Waals surface area (Å²) in [6, 6.07) is 0. The predicted octanol–water partition coefficient (Wildman–Crippen LogP) is 4.59. The second kappa shape index (κ2) is 17.0. The molecule has 0 heterocycles. The van der Waals surface area contributed by atoms with Crippen molar-refractivity contribution in [3.63, 3.8) is 0 Å². The minimum atomic E-state index is -0.0372. The Kier molecular flexibility index (Phi) is 18.8. The molecule has 0 fully saturated rings. The van der Waals surface area contributed by atoms with Crippen LogP contribution in [0.2, 0.25) is 0 Å². The molecule has 0 rings (SSSR count). The van der Waals surface area contributed by atoms with Gasteiger partial charge >= 0.3 is 5.97 Å². The van der Waals surface area contributed by atoms with E-state index in [-0.39, 0.29) is 23.0 Å². The van der Waals surface area contributed by atoms with Gasteiger partial charge in [0.05, 0.1) is 0 Å². The maximum absolute atomic E-state index is 11.4. The topological polar surface area (TPSA) is 29.5 Å². The zero-order chi connectivity index (χ0) is 14.3. The van der Waals surface area contributed by atoms with E-state index >= 15 is 0 Å². The van der Waals surface area contributed by atoms with E-state index < -0.39 is 0 Å². The smallest absolute Gasteiger partial charge is 0.305 e. The Morgan fingerprint density at radius 3 is 1.90 bits per heavy atom. The van der Waals surface area contributed by atoms with Gasteiger partial charge in [-0.3, -0.25) is 4.79 Å². The summed E-state index contributed by atoms with van der Waals surface area (Å²) in [5.74, 6) is -0.0372. The third-order valence-corrected chi connectivity index (χ3v) is 3.29. The van der Waals surface area contributed by atoms with E-state index in [1.54, 1.807) is 0 Å². The van der Waals surface area contributed by atoms with Gasteiger partial charge in [-0.2, -0.15) is 0 Å². The van der Waals surface area contributed by atoms with Gasteiger partial charge < -0.3 is 9.64 Å². The van der Waals surface area contributed by atoms with E-state index in [1.165, 1.54) is 44.9 Å². The van der Waals surface area contributed by atoms with Crippen molar-refractivity contribution in [1.29, 1.82) is 0 Å². The Morgan fingerprint density at radius 2 is 1.40 bits per heavy atom. The minimum absolute atomic E-state index is 0. The van der Waals surface area contributed by atoms with Crippen molar-refractivity contribution in [3.8, 4) is 0 Å². The van der Waals surface area contributed by atoms with Crippen molar-refractivity contribution >= 4 is 23.0 Å². The van der Waals surface area contributed by atoms with E-state index in [9.17, 15) is 4.79 Å². The number of carbonyl (C=O) groups is 1. The summed E-state index contributed by atoms with van der Waals surface area (Å²) in [5, 5.41) is 0. The summed E-state index contributed by atoms with van der Waals surface area (Å²) in [5.41, 5.74) is 0. The molecular weight excluding hydrogens is 318 g/mol. The SMILES string of the molecule is Br.CCCCCCCCCCCC(=O)OCCN(C)C. The van der Waals surface area contributed by atoms with Crippen LogP contribution in [0.25, 0.3) is 0 Å². The molecule has 0 radical (unpaired) electrons. The molecule has 0 aliphatic heterocycles. The van der Waals surface area contributed by atoms with Crippen LogP contribution < -0.4 is 0 Å². The Bertz CT molecular complexity index is 211. The van der Waals surface area contributed by atoms with Gasteiger partial charge in [0, 0.05) is 13.0 Å². The summed E-state index contributed by atoms with van der Waals surface area (Å²) in [6.07, 6.45) is 12.1. The van der Waals surface area contributed by atoms with Gasteiger partial charge in [-0.05, 0) is 20.5 Å². The number of halogens is 1. The molecule has 0 amide bonds. The quantitative estimate of drug-likeness (QED) is 0.359. The third kappa shape index (κ3) is 17.9. The number of likely N-dealkylation sites (N-methyl/N-ethyl adjacent to an activating group) is 1. The largest absolute Gasteiger partial charge is 0.464 e. The Morgan fingerprint density at radius 1 is 0.900 bits per heavy atom. The van der Waals surface area contributed by atoms with Crippen molar-refractivity contribution in [2.24, 2.45) is 0 Å². The highest BCUT2D eigenvalue weighted by atomic mass is 79.9. The lowest BCUT2D eigenvalue weighted by Crippen LogP contribution is -2.20. The number of unbranched alkanes of at least 4 members (excludes halogenated alkanes) is 8. The van der Waals surface area contributed by atoms with Crippen LogP contribution in [0, 0.1) is 0 Å². The van der Waals surface area contributed by atoms with Gasteiger partial charge in [-0.15, -0.1) is 17.0 Å². The van der Waals surface area contributed by atoms with Crippen LogP contribution in [0.15, 0.2) is 0 Å². The molecule has 0 saturated carbocycles. The monoisotopic (exact) mass is 351 g/mol. The number of ether oxygens (including phenoxy) is 1. The predicted molar refractivity (Wildman–Crippen MR) is 91.7 cm³/mol. The van der Waals surface area contributed by atoms with Crippen LogP contribution in [0.4, 0.5) is 0 Å². The molecule has 122 valence electrons. The number of hydrogen-bond donors (Lipinski definition) is 0. The number of rotatable bonds is 13. The second-order valence-corrected chi connectivity index (χ2v) is 5.60. The average Bonchev–Trinajstić information content (AvgIpc) is 2.36. The van der Waals surface area contributed by atoms with E-state index in [1.807, 2.05) is 19.0 Å². The number of hydrogen-bond acceptors (Lipinski definition) is 3. The van der Waals surface area contributed by atoms with Crippen molar-refractivity contribution < 1.29 is 9.53 Å². The Hall–Kier alpha value is -0.0900. The number of carbonyl (C=O) groups excluding carboxylic acids is 1. The molecule has 4 heteroatoms. The van der Waals surface area contributed by atoms with Crippen LogP contribution in [0.3, 0.4) is 0 Å². The van der Waals surface area contributed by atoms with E-state index in [0.29, 0.717) is 13.0 Å². The molecule has 20 heavy (non-hydrogen) atoms. The first-order valence-electron chi connectivity index (χ1n) is 7.97. The molecule has 0 unspecified atom stereocenters. The van der Waals surface area contributed by atoms with Gasteiger partial charge in [0.25, 0.3) is 0 Å². The highest BCUT2D eigenvalue weighted by molar-refractivity contribution is 8.93. The Balaban J connectivity index is 0. The molecule has 0 aromatic heterocycles. The number of esters is 1. The van der Waals surface area contributed by atoms with Gasteiger partial charge in [0.1, 0.15) is 6.61 Å². The molecule has 0 saturated heterocycles. The van der Waals surface area contributed by atoms with E-state index in [0.717, 1.165) is 19.4 Å². The zero-order valence-electron chi connectivity index (χ0n) is 13.7. The molecule has 0 aromatic carbocycles. The molecular formula is C16H34BrNO2. The summed E-state index contributed by atoms with van der Waals surface area (Å²) in [7, 11) is 3.96. The van der Waals surface area contributed by atoms with Crippen molar-refractivity contribution in [2.75, 3.05) is 27.2 Å². The molecule has 3 nitrogen and oxygen atoms in total. The highest BCUT2D eigenvalue weighted by Gasteiger charge is 2.02. The molecule has 0 N–H and O–H groups in total. The zero-order valence-corrected chi connectivity index (χ0v) is 15.4. The first kappa shape index (κ1) is 22.2. The van der Waals surface area contributed by atoms with Crippen LogP contribution in [-0.2, 0) is 9.53 Å². The fraction of sp³-hybridized carbons (Fsp3) is 0.938. The van der Waals surface area contributed by atoms with Crippen molar-refractivity contribution in [1.82, 2.24) is 4.90 Å². The lowest BCUT2D eigenvalue weighted by atomic mass is 10.1. The minimum Gasteiger partial charge on any atom is -0.464 e. The molecule has 0 aliphatic carbocycles. The fourth-order valence-electron chi connectivity index (χ4n) is 1.99. The second-order valence-electron chi connectivity index (χ2n) is 5.60. The van der Waals surface area contributed by atoms with Gasteiger partial charge in [-0.25, -0.2) is 0 Å². The summed E-state index contributed by atoms with van der Waals surface area (Å²) < 4.78 is 5.14. The fourth-order valence-corrected chi connectivity index (χ4v) is 1.99. The lowest BCUT2D eigenvalue weighted by Gasteiger charge is -2.09. The Labute approximate surface area is 136 Å². The normalized spacial score (nSPS) is 10.4. The molecule has 0 bridgehead atoms. The lowest BCUT2D eigenvalue weighted by molar-refractivity contribution is -0.144. The standard InChI is InChI=1S/C16H33NO2.BrH/c1-4-5-6-7-8-9-10-11-12-13-16(18)19-15-14-17(2)3;/h4-15H2,1-3H3;1H. The first-order chi connectivity index (χ1) is 9.16. The highest BCUT2D eigenvalue weighted by Crippen LogP contribution is 2.10. The maximum Gasteiger partial charge on any atom is 0.305 e. The van der Waals surface area contributed by atoms with E-state index in [2.05, 4.69) is 6.92 Å². The molecule has 0 aromatic rings. The molecule has 0 atom stereocenters. The van der Waals surface area contributed by atoms with Crippen LogP contribution in [-0.4, -0.2) is 38.1 Å². The van der Waals surface area contributed by atoms with Crippen LogP contribution in [0.1, 0.15) is 71.1 Å². The van der Waals surface area contributed by atoms with Gasteiger partial charge in [0.2, 0.25) is 0 Å². The maximum atomic E-state index is 11.4. The number of nitrogens with zero attached hydrogens (tertiary/aromatic N) is 1. The third-order valence-electron chi connectivity index (χ3n) is 3.29.